The smallest absolute Gasteiger partial charge is 0.230 e. The normalized spacial score (nSPS) is 15.0. The molecule has 1 aromatic heterocycles. The zero-order chi connectivity index (χ0) is 15.9. The van der Waals surface area contributed by atoms with Crippen molar-refractivity contribution in [2.24, 2.45) is 13.0 Å². The molecule has 0 atom stereocenters. The van der Waals surface area contributed by atoms with Crippen molar-refractivity contribution in [3.63, 3.8) is 0 Å². The van der Waals surface area contributed by atoms with E-state index in [1.54, 1.807) is 16.8 Å². The molecule has 2 rings (SSSR count). The minimum atomic E-state index is -0.158. The van der Waals surface area contributed by atoms with E-state index in [4.69, 9.17) is 0 Å². The van der Waals surface area contributed by atoms with Crippen molar-refractivity contribution in [2.75, 3.05) is 18.4 Å². The fourth-order valence-electron chi connectivity index (χ4n) is 2.69. The van der Waals surface area contributed by atoms with Crippen molar-refractivity contribution < 1.29 is 4.79 Å². The van der Waals surface area contributed by atoms with Crippen LogP contribution < -0.4 is 10.6 Å². The predicted molar refractivity (Wildman–Crippen MR) is 94.8 cm³/mol. The van der Waals surface area contributed by atoms with Gasteiger partial charge in [0.15, 0.2) is 5.82 Å². The number of hydrogen-bond donors (Lipinski definition) is 2. The van der Waals surface area contributed by atoms with Crippen molar-refractivity contribution in [3.05, 3.63) is 31.1 Å². The minimum absolute atomic E-state index is 0. The fourth-order valence-corrected chi connectivity index (χ4v) is 2.69. The largest absolute Gasteiger partial charge is 0.317 e. The van der Waals surface area contributed by atoms with Gasteiger partial charge in [-0.15, -0.1) is 25.6 Å². The number of nitrogens with one attached hydrogen (secondary N) is 2. The fraction of sp³-hybridized carbons (Fsp3) is 0.562. The van der Waals surface area contributed by atoms with Crippen LogP contribution in [-0.4, -0.2) is 33.8 Å². The van der Waals surface area contributed by atoms with Crippen LogP contribution in [0, 0.1) is 5.92 Å². The first-order valence-corrected chi connectivity index (χ1v) is 7.80. The zero-order valence-corrected chi connectivity index (χ0v) is 14.4. The van der Waals surface area contributed by atoms with E-state index < -0.39 is 0 Å². The van der Waals surface area contributed by atoms with E-state index in [0.717, 1.165) is 31.8 Å². The Morgan fingerprint density at radius 1 is 1.39 bits per heavy atom. The van der Waals surface area contributed by atoms with Crippen molar-refractivity contribution in [1.82, 2.24) is 20.1 Å². The maximum absolute atomic E-state index is 12.3. The van der Waals surface area contributed by atoms with Gasteiger partial charge in [-0.1, -0.05) is 12.2 Å². The van der Waals surface area contributed by atoms with Gasteiger partial charge in [0, 0.05) is 18.9 Å². The number of carbonyl (C=O) groups excluding carboxylic acids is 1. The summed E-state index contributed by atoms with van der Waals surface area (Å²) in [5.74, 6) is 1.48. The number of amides is 1. The highest BCUT2D eigenvalue weighted by atomic mass is 35.5. The molecule has 1 saturated heterocycles. The van der Waals surface area contributed by atoms with Crippen LogP contribution in [0.15, 0.2) is 25.3 Å². The highest BCUT2D eigenvalue weighted by Crippen LogP contribution is 2.23. The molecule has 0 unspecified atom stereocenters. The molecule has 0 spiro atoms. The molecule has 1 fully saturated rings. The number of piperidine rings is 1. The van der Waals surface area contributed by atoms with Crippen LogP contribution in [0.2, 0.25) is 0 Å². The van der Waals surface area contributed by atoms with Gasteiger partial charge in [0.25, 0.3) is 0 Å². The summed E-state index contributed by atoms with van der Waals surface area (Å²) in [6.45, 7) is 9.39. The van der Waals surface area contributed by atoms with E-state index in [2.05, 4.69) is 33.9 Å². The highest BCUT2D eigenvalue weighted by Gasteiger charge is 2.22. The SMILES string of the molecule is C=CCC(CC=C)C(=O)Nc1nc(C2CCNCC2)nn1C.Cl. The number of aryl methyl sites for hydroxylation is 1. The number of anilines is 1. The van der Waals surface area contributed by atoms with Gasteiger partial charge >= 0.3 is 0 Å². The van der Waals surface area contributed by atoms with Gasteiger partial charge in [-0.2, -0.15) is 10.1 Å². The quantitative estimate of drug-likeness (QED) is 0.748. The molecule has 2 heterocycles. The summed E-state index contributed by atoms with van der Waals surface area (Å²) in [5.41, 5.74) is 0. The summed E-state index contributed by atoms with van der Waals surface area (Å²) in [6.07, 6.45) is 6.82. The van der Waals surface area contributed by atoms with E-state index in [1.807, 2.05) is 7.05 Å². The van der Waals surface area contributed by atoms with E-state index in [-0.39, 0.29) is 24.2 Å². The Hall–Kier alpha value is -1.66. The third-order valence-corrected chi connectivity index (χ3v) is 3.99. The summed E-state index contributed by atoms with van der Waals surface area (Å²) in [7, 11) is 1.81. The second kappa shape index (κ2) is 9.47. The molecular weight excluding hydrogens is 314 g/mol. The average Bonchev–Trinajstić information content (AvgIpc) is 2.89. The summed E-state index contributed by atoms with van der Waals surface area (Å²) in [4.78, 5) is 16.8. The van der Waals surface area contributed by atoms with E-state index in [1.165, 1.54) is 0 Å². The van der Waals surface area contributed by atoms with Gasteiger partial charge in [-0.25, -0.2) is 4.68 Å². The number of rotatable bonds is 7. The maximum atomic E-state index is 12.3. The van der Waals surface area contributed by atoms with Crippen LogP contribution in [0.3, 0.4) is 0 Å². The molecule has 7 heteroatoms. The number of aromatic nitrogens is 3. The Bertz CT molecular complexity index is 527. The summed E-state index contributed by atoms with van der Waals surface area (Å²) in [5, 5.41) is 10.7. The monoisotopic (exact) mass is 339 g/mol. The van der Waals surface area contributed by atoms with Crippen molar-refractivity contribution >= 4 is 24.3 Å². The highest BCUT2D eigenvalue weighted by molar-refractivity contribution is 5.91. The van der Waals surface area contributed by atoms with Gasteiger partial charge in [0.1, 0.15) is 0 Å². The second-order valence-corrected chi connectivity index (χ2v) is 5.68. The molecule has 1 aromatic rings. The predicted octanol–water partition coefficient (Wildman–Crippen LogP) is 2.41. The lowest BCUT2D eigenvalue weighted by atomic mass is 9.98. The molecule has 23 heavy (non-hydrogen) atoms. The first-order chi connectivity index (χ1) is 10.7. The minimum Gasteiger partial charge on any atom is -0.317 e. The summed E-state index contributed by atoms with van der Waals surface area (Å²) in [6, 6.07) is 0. The van der Waals surface area contributed by atoms with Crippen molar-refractivity contribution in [3.8, 4) is 0 Å². The Labute approximate surface area is 143 Å². The van der Waals surface area contributed by atoms with Gasteiger partial charge in [-0.3, -0.25) is 10.1 Å². The second-order valence-electron chi connectivity index (χ2n) is 5.68. The van der Waals surface area contributed by atoms with Crippen LogP contribution in [0.1, 0.15) is 37.4 Å². The zero-order valence-electron chi connectivity index (χ0n) is 13.6. The van der Waals surface area contributed by atoms with Gasteiger partial charge < -0.3 is 5.32 Å². The number of halogens is 1. The number of hydrogen-bond acceptors (Lipinski definition) is 4. The van der Waals surface area contributed by atoms with Gasteiger partial charge in [0.2, 0.25) is 11.9 Å². The van der Waals surface area contributed by atoms with E-state index >= 15 is 0 Å². The molecule has 0 bridgehead atoms. The molecule has 0 aromatic carbocycles. The Morgan fingerprint density at radius 2 is 2.00 bits per heavy atom. The van der Waals surface area contributed by atoms with Gasteiger partial charge in [-0.05, 0) is 38.8 Å². The number of nitrogens with zero attached hydrogens (tertiary/aromatic N) is 3. The molecule has 128 valence electrons. The van der Waals surface area contributed by atoms with Crippen LogP contribution in [-0.2, 0) is 11.8 Å². The first-order valence-electron chi connectivity index (χ1n) is 7.80. The van der Waals surface area contributed by atoms with E-state index in [0.29, 0.717) is 24.7 Å². The third-order valence-electron chi connectivity index (χ3n) is 3.99. The van der Waals surface area contributed by atoms with Crippen molar-refractivity contribution in [2.45, 2.75) is 31.6 Å². The molecule has 0 aliphatic carbocycles. The molecular formula is C16H26ClN5O. The van der Waals surface area contributed by atoms with Crippen LogP contribution >= 0.6 is 12.4 Å². The topological polar surface area (TPSA) is 71.8 Å². The summed E-state index contributed by atoms with van der Waals surface area (Å²) < 4.78 is 1.65. The van der Waals surface area contributed by atoms with Crippen LogP contribution in [0.4, 0.5) is 5.95 Å². The first kappa shape index (κ1) is 19.4. The number of carbonyl (C=O) groups is 1. The average molecular weight is 340 g/mol. The number of allylic oxidation sites excluding steroid dienone is 2. The standard InChI is InChI=1S/C16H25N5O.ClH/c1-4-6-13(7-5-2)15(22)19-16-18-14(20-21(16)3)12-8-10-17-11-9-12;/h4-5,12-13,17H,1-2,6-11H2,3H3,(H,18,19,20,22);1H. The maximum Gasteiger partial charge on any atom is 0.230 e. The molecule has 1 amide bonds. The molecule has 6 nitrogen and oxygen atoms in total. The molecule has 1 aliphatic rings. The van der Waals surface area contributed by atoms with Crippen LogP contribution in [0.25, 0.3) is 0 Å². The lowest BCUT2D eigenvalue weighted by Gasteiger charge is -2.19. The molecule has 2 N–H and O–H groups in total. The lowest BCUT2D eigenvalue weighted by molar-refractivity contribution is -0.119. The molecule has 1 aliphatic heterocycles. The van der Waals surface area contributed by atoms with Gasteiger partial charge in [0.05, 0.1) is 0 Å². The lowest BCUT2D eigenvalue weighted by Crippen LogP contribution is -2.27. The third kappa shape index (κ3) is 5.18. The Kier molecular flexibility index (Phi) is 7.98. The summed E-state index contributed by atoms with van der Waals surface area (Å²) >= 11 is 0. The Morgan fingerprint density at radius 3 is 2.57 bits per heavy atom. The molecule has 0 saturated carbocycles. The Balaban J connectivity index is 0.00000264. The molecule has 0 radical (unpaired) electrons. The van der Waals surface area contributed by atoms with E-state index in [9.17, 15) is 4.79 Å². The van der Waals surface area contributed by atoms with Crippen LogP contribution in [0.5, 0.6) is 0 Å². The van der Waals surface area contributed by atoms with Crippen molar-refractivity contribution in [1.29, 1.82) is 0 Å².